The summed E-state index contributed by atoms with van der Waals surface area (Å²) in [5.41, 5.74) is 7.56. The van der Waals surface area contributed by atoms with Crippen molar-refractivity contribution in [2.75, 3.05) is 25.6 Å². The molecule has 0 heterocycles. The molecule has 0 unspecified atom stereocenters. The molecule has 3 nitrogen and oxygen atoms in total. The number of hydrogen-bond acceptors (Lipinski definition) is 3. The molecule has 0 saturated heterocycles. The summed E-state index contributed by atoms with van der Waals surface area (Å²) in [5.74, 6) is 0. The van der Waals surface area contributed by atoms with Crippen molar-refractivity contribution in [3.8, 4) is 0 Å². The fourth-order valence-corrected chi connectivity index (χ4v) is 1.38. The van der Waals surface area contributed by atoms with E-state index >= 15 is 0 Å². The minimum absolute atomic E-state index is 0.574. The van der Waals surface area contributed by atoms with Gasteiger partial charge in [0.05, 0.1) is 19.8 Å². The molecule has 4 heteroatoms. The van der Waals surface area contributed by atoms with Crippen LogP contribution in [0, 0.1) is 0 Å². The zero-order chi connectivity index (χ0) is 11.1. The molecule has 0 bridgehead atoms. The highest BCUT2D eigenvalue weighted by Gasteiger charge is 1.98. The third kappa shape index (κ3) is 4.64. The summed E-state index contributed by atoms with van der Waals surface area (Å²) >= 11 is 3.35. The molecule has 1 aromatic carbocycles. The van der Waals surface area contributed by atoms with Crippen LogP contribution in [0.4, 0.5) is 5.69 Å². The number of rotatable bonds is 6. The molecule has 0 saturated carbocycles. The van der Waals surface area contributed by atoms with Crippen molar-refractivity contribution in [2.45, 2.75) is 13.5 Å². The Morgan fingerprint density at radius 2 is 2.00 bits per heavy atom. The Kier molecular flexibility index (Phi) is 5.68. The summed E-state index contributed by atoms with van der Waals surface area (Å²) in [6.45, 7) is 4.53. The lowest BCUT2D eigenvalue weighted by molar-refractivity contribution is 0.0453. The Balaban J connectivity index is 2.28. The molecule has 0 atom stereocenters. The average molecular weight is 274 g/mol. The maximum Gasteiger partial charge on any atom is 0.0718 e. The first kappa shape index (κ1) is 12.5. The minimum atomic E-state index is 0.574. The number of nitrogens with two attached hydrogens (primary N) is 1. The van der Waals surface area contributed by atoms with Crippen molar-refractivity contribution in [1.29, 1.82) is 0 Å². The van der Waals surface area contributed by atoms with Crippen LogP contribution >= 0.6 is 15.9 Å². The van der Waals surface area contributed by atoms with Crippen LogP contribution in [-0.4, -0.2) is 19.8 Å². The van der Waals surface area contributed by atoms with Crippen molar-refractivity contribution in [1.82, 2.24) is 0 Å². The molecular formula is C11H16BrNO2. The van der Waals surface area contributed by atoms with E-state index in [-0.39, 0.29) is 0 Å². The highest BCUT2D eigenvalue weighted by atomic mass is 79.9. The fourth-order valence-electron chi connectivity index (χ4n) is 1.14. The first-order valence-corrected chi connectivity index (χ1v) is 5.72. The number of hydrogen-bond donors (Lipinski definition) is 1. The second kappa shape index (κ2) is 6.82. The van der Waals surface area contributed by atoms with Gasteiger partial charge in [0.25, 0.3) is 0 Å². The number of halogens is 1. The highest BCUT2D eigenvalue weighted by molar-refractivity contribution is 9.10. The van der Waals surface area contributed by atoms with Gasteiger partial charge in [-0.1, -0.05) is 6.07 Å². The van der Waals surface area contributed by atoms with Gasteiger partial charge in [0.1, 0.15) is 0 Å². The van der Waals surface area contributed by atoms with Gasteiger partial charge in [0.15, 0.2) is 0 Å². The third-order valence-electron chi connectivity index (χ3n) is 1.91. The van der Waals surface area contributed by atoms with E-state index in [0.717, 1.165) is 22.3 Å². The molecule has 0 aliphatic carbocycles. The number of nitrogen functional groups attached to an aromatic ring is 1. The maximum absolute atomic E-state index is 5.75. The lowest BCUT2D eigenvalue weighted by atomic mass is 10.2. The Morgan fingerprint density at radius 1 is 1.27 bits per heavy atom. The molecule has 15 heavy (non-hydrogen) atoms. The number of anilines is 1. The van der Waals surface area contributed by atoms with Crippen molar-refractivity contribution in [2.24, 2.45) is 0 Å². The predicted octanol–water partition coefficient (Wildman–Crippen LogP) is 2.58. The van der Waals surface area contributed by atoms with Gasteiger partial charge in [-0.15, -0.1) is 0 Å². The van der Waals surface area contributed by atoms with Gasteiger partial charge in [0, 0.05) is 16.8 Å². The lowest BCUT2D eigenvalue weighted by Crippen LogP contribution is -2.04. The number of ether oxygens (including phenoxy) is 2. The third-order valence-corrected chi connectivity index (χ3v) is 2.63. The van der Waals surface area contributed by atoms with Gasteiger partial charge >= 0.3 is 0 Å². The molecule has 0 aromatic heterocycles. The molecule has 0 spiro atoms. The largest absolute Gasteiger partial charge is 0.398 e. The smallest absolute Gasteiger partial charge is 0.0718 e. The first-order valence-electron chi connectivity index (χ1n) is 4.93. The monoisotopic (exact) mass is 273 g/mol. The Bertz CT molecular complexity index is 305. The normalized spacial score (nSPS) is 10.5. The second-order valence-corrected chi connectivity index (χ2v) is 3.96. The zero-order valence-electron chi connectivity index (χ0n) is 8.83. The maximum atomic E-state index is 5.75. The van der Waals surface area contributed by atoms with Gasteiger partial charge in [0.2, 0.25) is 0 Å². The van der Waals surface area contributed by atoms with E-state index in [1.165, 1.54) is 0 Å². The van der Waals surface area contributed by atoms with Gasteiger partial charge in [-0.05, 0) is 40.5 Å². The van der Waals surface area contributed by atoms with Crippen LogP contribution in [0.3, 0.4) is 0 Å². The van der Waals surface area contributed by atoms with Crippen LogP contribution in [0.5, 0.6) is 0 Å². The fraction of sp³-hybridized carbons (Fsp3) is 0.455. The van der Waals surface area contributed by atoms with Gasteiger partial charge in [-0.25, -0.2) is 0 Å². The predicted molar refractivity (Wildman–Crippen MR) is 64.7 cm³/mol. The summed E-state index contributed by atoms with van der Waals surface area (Å²) in [5, 5.41) is 0. The van der Waals surface area contributed by atoms with E-state index in [2.05, 4.69) is 15.9 Å². The average Bonchev–Trinajstić information content (AvgIpc) is 2.23. The molecule has 1 rings (SSSR count). The highest BCUT2D eigenvalue weighted by Crippen LogP contribution is 2.20. The molecule has 0 aliphatic heterocycles. The molecular weight excluding hydrogens is 258 g/mol. The molecule has 0 fully saturated rings. The second-order valence-electron chi connectivity index (χ2n) is 3.11. The van der Waals surface area contributed by atoms with E-state index in [1.54, 1.807) is 0 Å². The topological polar surface area (TPSA) is 44.5 Å². The van der Waals surface area contributed by atoms with Crippen LogP contribution in [-0.2, 0) is 16.1 Å². The van der Waals surface area contributed by atoms with Crippen LogP contribution in [0.1, 0.15) is 12.5 Å². The molecule has 84 valence electrons. The van der Waals surface area contributed by atoms with E-state index in [0.29, 0.717) is 19.8 Å². The van der Waals surface area contributed by atoms with E-state index in [1.807, 2.05) is 25.1 Å². The lowest BCUT2D eigenvalue weighted by Gasteiger charge is -2.06. The summed E-state index contributed by atoms with van der Waals surface area (Å²) in [7, 11) is 0. The van der Waals surface area contributed by atoms with Crippen LogP contribution in [0.25, 0.3) is 0 Å². The Morgan fingerprint density at radius 3 is 2.67 bits per heavy atom. The van der Waals surface area contributed by atoms with Gasteiger partial charge in [-0.3, -0.25) is 0 Å². The zero-order valence-corrected chi connectivity index (χ0v) is 10.4. The quantitative estimate of drug-likeness (QED) is 0.640. The Hall–Kier alpha value is -0.580. The summed E-state index contributed by atoms with van der Waals surface area (Å²) in [4.78, 5) is 0. The SMILES string of the molecule is CCOCCOCc1ccc(Br)c(N)c1. The minimum Gasteiger partial charge on any atom is -0.398 e. The standard InChI is InChI=1S/C11H16BrNO2/c1-2-14-5-6-15-8-9-3-4-10(12)11(13)7-9/h3-4,7H,2,5-6,8,13H2,1H3. The Labute approximate surface area is 98.7 Å². The van der Waals surface area contributed by atoms with E-state index in [4.69, 9.17) is 15.2 Å². The first-order chi connectivity index (χ1) is 7.24. The molecule has 0 aliphatic rings. The van der Waals surface area contributed by atoms with Crippen molar-refractivity contribution in [3.05, 3.63) is 28.2 Å². The van der Waals surface area contributed by atoms with E-state index < -0.39 is 0 Å². The summed E-state index contributed by atoms with van der Waals surface area (Å²) in [6.07, 6.45) is 0. The van der Waals surface area contributed by atoms with Crippen LogP contribution in [0.15, 0.2) is 22.7 Å². The van der Waals surface area contributed by atoms with Crippen LogP contribution in [0.2, 0.25) is 0 Å². The van der Waals surface area contributed by atoms with Gasteiger partial charge in [-0.2, -0.15) is 0 Å². The van der Waals surface area contributed by atoms with Crippen molar-refractivity contribution >= 4 is 21.6 Å². The molecule has 0 amide bonds. The molecule has 0 radical (unpaired) electrons. The molecule has 1 aromatic rings. The van der Waals surface area contributed by atoms with Crippen LogP contribution < -0.4 is 5.73 Å². The van der Waals surface area contributed by atoms with Gasteiger partial charge < -0.3 is 15.2 Å². The van der Waals surface area contributed by atoms with Crippen molar-refractivity contribution < 1.29 is 9.47 Å². The van der Waals surface area contributed by atoms with Crippen molar-refractivity contribution in [3.63, 3.8) is 0 Å². The number of benzene rings is 1. The summed E-state index contributed by atoms with van der Waals surface area (Å²) < 4.78 is 11.5. The molecule has 2 N–H and O–H groups in total. The van der Waals surface area contributed by atoms with E-state index in [9.17, 15) is 0 Å². The summed E-state index contributed by atoms with van der Waals surface area (Å²) in [6, 6.07) is 5.82.